The Labute approximate surface area is 100 Å². The average Bonchev–Trinajstić information content (AvgIpc) is 2.33. The number of piperidine rings is 1. The first-order chi connectivity index (χ1) is 7.63. The molecule has 0 aliphatic carbocycles. The highest BCUT2D eigenvalue weighted by atomic mass is 16.3. The summed E-state index contributed by atoms with van der Waals surface area (Å²) < 4.78 is 0. The summed E-state index contributed by atoms with van der Waals surface area (Å²) in [6, 6.07) is 0.263. The van der Waals surface area contributed by atoms with E-state index in [-0.39, 0.29) is 12.6 Å². The SMILES string of the molecule is CCC1(C)CCN(CCC(CO)NC)CC1. The van der Waals surface area contributed by atoms with E-state index in [0.29, 0.717) is 5.41 Å². The molecule has 3 nitrogen and oxygen atoms in total. The molecule has 1 aliphatic heterocycles. The number of likely N-dealkylation sites (N-methyl/N-ethyl adjacent to an activating group) is 1. The number of nitrogens with one attached hydrogen (secondary N) is 1. The van der Waals surface area contributed by atoms with Gasteiger partial charge in [0.15, 0.2) is 0 Å². The molecule has 1 atom stereocenters. The van der Waals surface area contributed by atoms with Crippen LogP contribution in [-0.2, 0) is 0 Å². The van der Waals surface area contributed by atoms with Gasteiger partial charge in [-0.15, -0.1) is 0 Å². The second-order valence-electron chi connectivity index (χ2n) is 5.46. The summed E-state index contributed by atoms with van der Waals surface area (Å²) >= 11 is 0. The van der Waals surface area contributed by atoms with Gasteiger partial charge in [0.1, 0.15) is 0 Å². The average molecular weight is 228 g/mol. The van der Waals surface area contributed by atoms with Gasteiger partial charge in [-0.05, 0) is 51.4 Å². The van der Waals surface area contributed by atoms with Gasteiger partial charge in [-0.1, -0.05) is 20.3 Å². The van der Waals surface area contributed by atoms with Gasteiger partial charge in [0.25, 0.3) is 0 Å². The van der Waals surface area contributed by atoms with Gasteiger partial charge in [-0.2, -0.15) is 0 Å². The minimum Gasteiger partial charge on any atom is -0.395 e. The largest absolute Gasteiger partial charge is 0.395 e. The number of rotatable bonds is 6. The number of hydrogen-bond donors (Lipinski definition) is 2. The van der Waals surface area contributed by atoms with Crippen molar-refractivity contribution in [2.24, 2.45) is 5.41 Å². The molecule has 0 aromatic heterocycles. The van der Waals surface area contributed by atoms with Crippen LogP contribution in [0.2, 0.25) is 0 Å². The Bertz CT molecular complexity index is 184. The molecule has 0 spiro atoms. The maximum atomic E-state index is 9.10. The molecule has 0 bridgehead atoms. The third-order valence-corrected chi connectivity index (χ3v) is 4.34. The van der Waals surface area contributed by atoms with E-state index in [0.717, 1.165) is 13.0 Å². The summed E-state index contributed by atoms with van der Waals surface area (Å²) in [4.78, 5) is 2.54. The molecule has 1 fully saturated rings. The first-order valence-electron chi connectivity index (χ1n) is 6.64. The van der Waals surface area contributed by atoms with Crippen molar-refractivity contribution in [1.29, 1.82) is 0 Å². The second-order valence-corrected chi connectivity index (χ2v) is 5.46. The number of hydrogen-bond acceptors (Lipinski definition) is 3. The molecule has 1 unspecified atom stereocenters. The highest BCUT2D eigenvalue weighted by molar-refractivity contribution is 4.81. The van der Waals surface area contributed by atoms with Gasteiger partial charge in [-0.25, -0.2) is 0 Å². The number of aliphatic hydroxyl groups excluding tert-OH is 1. The van der Waals surface area contributed by atoms with Crippen LogP contribution < -0.4 is 5.32 Å². The van der Waals surface area contributed by atoms with Gasteiger partial charge in [-0.3, -0.25) is 0 Å². The predicted molar refractivity (Wildman–Crippen MR) is 68.6 cm³/mol. The predicted octanol–water partition coefficient (Wildman–Crippen LogP) is 1.47. The molecule has 16 heavy (non-hydrogen) atoms. The Kier molecular flexibility index (Phi) is 5.73. The number of nitrogens with zero attached hydrogens (tertiary/aromatic N) is 1. The van der Waals surface area contributed by atoms with E-state index in [2.05, 4.69) is 24.1 Å². The first-order valence-corrected chi connectivity index (χ1v) is 6.64. The van der Waals surface area contributed by atoms with E-state index < -0.39 is 0 Å². The van der Waals surface area contributed by atoms with E-state index in [1.807, 2.05) is 7.05 Å². The maximum Gasteiger partial charge on any atom is 0.0585 e. The molecule has 1 heterocycles. The molecular weight excluding hydrogens is 200 g/mol. The lowest BCUT2D eigenvalue weighted by atomic mass is 9.78. The van der Waals surface area contributed by atoms with Crippen LogP contribution in [0.25, 0.3) is 0 Å². The minimum atomic E-state index is 0.247. The van der Waals surface area contributed by atoms with Crippen LogP contribution in [0, 0.1) is 5.41 Å². The number of aliphatic hydroxyl groups is 1. The van der Waals surface area contributed by atoms with Crippen molar-refractivity contribution in [3.63, 3.8) is 0 Å². The fraction of sp³-hybridized carbons (Fsp3) is 1.00. The van der Waals surface area contributed by atoms with E-state index in [1.165, 1.54) is 32.4 Å². The van der Waals surface area contributed by atoms with Crippen molar-refractivity contribution >= 4 is 0 Å². The Hall–Kier alpha value is -0.120. The van der Waals surface area contributed by atoms with Crippen LogP contribution >= 0.6 is 0 Å². The van der Waals surface area contributed by atoms with Crippen molar-refractivity contribution < 1.29 is 5.11 Å². The van der Waals surface area contributed by atoms with Crippen LogP contribution in [0.3, 0.4) is 0 Å². The summed E-state index contributed by atoms with van der Waals surface area (Å²) in [5, 5.41) is 12.2. The summed E-state index contributed by atoms with van der Waals surface area (Å²) in [5.41, 5.74) is 0.579. The molecule has 0 aromatic carbocycles. The summed E-state index contributed by atoms with van der Waals surface area (Å²) in [5.74, 6) is 0. The second kappa shape index (κ2) is 6.58. The molecule has 0 aromatic rings. The van der Waals surface area contributed by atoms with Gasteiger partial charge in [0, 0.05) is 6.04 Å². The van der Waals surface area contributed by atoms with Crippen molar-refractivity contribution in [3.8, 4) is 0 Å². The van der Waals surface area contributed by atoms with E-state index in [9.17, 15) is 0 Å². The number of likely N-dealkylation sites (tertiary alicyclic amines) is 1. The van der Waals surface area contributed by atoms with Crippen LogP contribution in [0.1, 0.15) is 39.5 Å². The van der Waals surface area contributed by atoms with Gasteiger partial charge in [0.05, 0.1) is 6.61 Å². The summed E-state index contributed by atoms with van der Waals surface area (Å²) in [6.07, 6.45) is 5.01. The van der Waals surface area contributed by atoms with Crippen LogP contribution in [0.4, 0.5) is 0 Å². The Balaban J connectivity index is 2.22. The van der Waals surface area contributed by atoms with Crippen LogP contribution in [-0.4, -0.2) is 49.3 Å². The van der Waals surface area contributed by atoms with E-state index in [4.69, 9.17) is 5.11 Å². The Morgan fingerprint density at radius 3 is 2.44 bits per heavy atom. The molecule has 1 saturated heterocycles. The normalized spacial score (nSPS) is 23.2. The third-order valence-electron chi connectivity index (χ3n) is 4.34. The van der Waals surface area contributed by atoms with Gasteiger partial charge >= 0.3 is 0 Å². The quantitative estimate of drug-likeness (QED) is 0.722. The van der Waals surface area contributed by atoms with Crippen LogP contribution in [0.5, 0.6) is 0 Å². The zero-order valence-electron chi connectivity index (χ0n) is 11.1. The maximum absolute atomic E-state index is 9.10. The van der Waals surface area contributed by atoms with Crippen molar-refractivity contribution in [1.82, 2.24) is 10.2 Å². The smallest absolute Gasteiger partial charge is 0.0585 e. The third kappa shape index (κ3) is 4.04. The molecule has 3 heteroatoms. The zero-order chi connectivity index (χ0) is 12.0. The molecule has 0 amide bonds. The standard InChI is InChI=1S/C13H28N2O/c1-4-13(2)6-9-15(10-7-13)8-5-12(11-16)14-3/h12,14,16H,4-11H2,1-3H3. The highest BCUT2D eigenvalue weighted by Crippen LogP contribution is 2.33. The molecule has 0 saturated carbocycles. The fourth-order valence-corrected chi connectivity index (χ4v) is 2.34. The van der Waals surface area contributed by atoms with Gasteiger partial charge in [0.2, 0.25) is 0 Å². The lowest BCUT2D eigenvalue weighted by molar-refractivity contribution is 0.108. The Morgan fingerprint density at radius 1 is 1.38 bits per heavy atom. The van der Waals surface area contributed by atoms with Crippen LogP contribution in [0.15, 0.2) is 0 Å². The molecule has 2 N–H and O–H groups in total. The molecule has 0 radical (unpaired) electrons. The van der Waals surface area contributed by atoms with E-state index in [1.54, 1.807) is 0 Å². The monoisotopic (exact) mass is 228 g/mol. The summed E-state index contributed by atoms with van der Waals surface area (Å²) in [6.45, 7) is 8.54. The lowest BCUT2D eigenvalue weighted by Gasteiger charge is -2.39. The zero-order valence-corrected chi connectivity index (χ0v) is 11.1. The van der Waals surface area contributed by atoms with Crippen molar-refractivity contribution in [3.05, 3.63) is 0 Å². The Morgan fingerprint density at radius 2 is 2.00 bits per heavy atom. The van der Waals surface area contributed by atoms with Crippen molar-refractivity contribution in [2.45, 2.75) is 45.6 Å². The molecule has 1 rings (SSSR count). The topological polar surface area (TPSA) is 35.5 Å². The first kappa shape index (κ1) is 13.9. The molecule has 1 aliphatic rings. The minimum absolute atomic E-state index is 0.247. The van der Waals surface area contributed by atoms with Crippen molar-refractivity contribution in [2.75, 3.05) is 33.3 Å². The van der Waals surface area contributed by atoms with Gasteiger partial charge < -0.3 is 15.3 Å². The fourth-order valence-electron chi connectivity index (χ4n) is 2.34. The molecular formula is C13H28N2O. The lowest BCUT2D eigenvalue weighted by Crippen LogP contribution is -2.41. The summed E-state index contributed by atoms with van der Waals surface area (Å²) in [7, 11) is 1.92. The molecule has 96 valence electrons. The highest BCUT2D eigenvalue weighted by Gasteiger charge is 2.27. The van der Waals surface area contributed by atoms with E-state index >= 15 is 0 Å².